The third kappa shape index (κ3) is 5.89. The summed E-state index contributed by atoms with van der Waals surface area (Å²) in [5.41, 5.74) is 2.88. The average Bonchev–Trinajstić information content (AvgIpc) is 3.51. The molecular formula is C33H40F2N2O5. The van der Waals surface area contributed by atoms with E-state index in [0.717, 1.165) is 27.6 Å². The smallest absolute Gasteiger partial charge is 0.419 e. The normalized spacial score (nSPS) is 22.4. The minimum Gasteiger partial charge on any atom is -0.496 e. The summed E-state index contributed by atoms with van der Waals surface area (Å²) < 4.78 is 46.9. The van der Waals surface area contributed by atoms with Crippen LogP contribution in [0.1, 0.15) is 86.0 Å². The first-order chi connectivity index (χ1) is 19.7. The first-order valence-electron chi connectivity index (χ1n) is 14.5. The van der Waals surface area contributed by atoms with Gasteiger partial charge in [0, 0.05) is 42.6 Å². The molecule has 226 valence electrons. The van der Waals surface area contributed by atoms with Gasteiger partial charge in [-0.1, -0.05) is 12.1 Å². The molecule has 0 N–H and O–H groups in total. The second kappa shape index (κ2) is 11.0. The molecule has 1 spiro atoms. The maximum atomic E-state index is 14.5. The van der Waals surface area contributed by atoms with Crippen molar-refractivity contribution in [3.05, 3.63) is 64.8 Å². The van der Waals surface area contributed by atoms with Crippen molar-refractivity contribution in [2.45, 2.75) is 83.9 Å². The van der Waals surface area contributed by atoms with Crippen molar-refractivity contribution in [1.29, 1.82) is 0 Å². The largest absolute Gasteiger partial charge is 0.496 e. The number of likely N-dealkylation sites (tertiary alicyclic amines) is 1. The van der Waals surface area contributed by atoms with E-state index in [1.54, 1.807) is 25.4 Å². The van der Waals surface area contributed by atoms with E-state index in [1.807, 2.05) is 52.0 Å². The summed E-state index contributed by atoms with van der Waals surface area (Å²) in [6, 6.07) is 11.0. The number of nitrogens with zero attached hydrogens (tertiary/aromatic N) is 2. The third-order valence-electron chi connectivity index (χ3n) is 8.77. The zero-order valence-electron chi connectivity index (χ0n) is 25.3. The van der Waals surface area contributed by atoms with E-state index in [1.165, 1.54) is 11.7 Å². The van der Waals surface area contributed by atoms with Crippen molar-refractivity contribution in [2.24, 2.45) is 5.41 Å². The lowest BCUT2D eigenvalue weighted by molar-refractivity contribution is -0.0235. The second-order valence-corrected chi connectivity index (χ2v) is 12.9. The van der Waals surface area contributed by atoms with E-state index >= 15 is 0 Å². The molecule has 42 heavy (non-hydrogen) atoms. The molecular weight excluding hydrogens is 542 g/mol. The lowest BCUT2D eigenvalue weighted by atomic mass is 9.72. The molecule has 7 nitrogen and oxygen atoms in total. The van der Waals surface area contributed by atoms with Crippen molar-refractivity contribution < 1.29 is 32.6 Å². The maximum Gasteiger partial charge on any atom is 0.419 e. The minimum atomic E-state index is -2.64. The van der Waals surface area contributed by atoms with Crippen LogP contribution >= 0.6 is 0 Å². The van der Waals surface area contributed by atoms with Gasteiger partial charge in [-0.25, -0.2) is 18.4 Å². The Morgan fingerprint density at radius 1 is 1.05 bits per heavy atom. The number of carbonyl (C=O) groups is 2. The number of methoxy groups -OCH3 is 2. The van der Waals surface area contributed by atoms with E-state index in [0.29, 0.717) is 43.7 Å². The molecule has 0 radical (unpaired) electrons. The molecule has 9 heteroatoms. The van der Waals surface area contributed by atoms with E-state index in [4.69, 9.17) is 14.2 Å². The Labute approximate surface area is 245 Å². The van der Waals surface area contributed by atoms with Crippen LogP contribution in [0.4, 0.5) is 13.6 Å². The number of fused-ring (bicyclic) bond motifs is 1. The van der Waals surface area contributed by atoms with E-state index < -0.39 is 29.0 Å². The highest BCUT2D eigenvalue weighted by Crippen LogP contribution is 2.56. The summed E-state index contributed by atoms with van der Waals surface area (Å²) in [5.74, 6) is -2.36. The fraction of sp³-hybridized carbons (Fsp3) is 0.515. The molecule has 3 aromatic rings. The van der Waals surface area contributed by atoms with Gasteiger partial charge in [0.05, 0.1) is 25.3 Å². The van der Waals surface area contributed by atoms with Gasteiger partial charge in [-0.05, 0) is 94.3 Å². The number of aromatic nitrogens is 1. The summed E-state index contributed by atoms with van der Waals surface area (Å²) in [5, 5.41) is 0.880. The number of esters is 1. The summed E-state index contributed by atoms with van der Waals surface area (Å²) in [6.45, 7) is 8.56. The molecule has 2 aliphatic rings. The Bertz CT molecular complexity index is 1490. The van der Waals surface area contributed by atoms with Crippen LogP contribution < -0.4 is 4.74 Å². The number of halogens is 2. The highest BCUT2D eigenvalue weighted by molar-refractivity contribution is 5.95. The molecule has 1 aliphatic heterocycles. The number of aryl methyl sites for hydroxylation is 1. The molecule has 5 rings (SSSR count). The second-order valence-electron chi connectivity index (χ2n) is 12.9. The van der Waals surface area contributed by atoms with Crippen molar-refractivity contribution in [3.63, 3.8) is 0 Å². The molecule has 2 heterocycles. The highest BCUT2D eigenvalue weighted by atomic mass is 19.3. The molecule has 1 saturated carbocycles. The van der Waals surface area contributed by atoms with Crippen LogP contribution in [-0.4, -0.2) is 53.8 Å². The Morgan fingerprint density at radius 3 is 2.36 bits per heavy atom. The Morgan fingerprint density at radius 2 is 1.76 bits per heavy atom. The summed E-state index contributed by atoms with van der Waals surface area (Å²) in [7, 11) is 2.97. The fourth-order valence-electron chi connectivity index (χ4n) is 6.79. The van der Waals surface area contributed by atoms with Crippen LogP contribution in [0.2, 0.25) is 0 Å². The summed E-state index contributed by atoms with van der Waals surface area (Å²) in [6.07, 6.45) is 2.87. The van der Waals surface area contributed by atoms with Gasteiger partial charge >= 0.3 is 12.1 Å². The quantitative estimate of drug-likeness (QED) is 0.288. The standard InChI is InChI=1S/C33H40F2N2O5/c1-21-17-27(40-5)25(24-11-15-37(28(21)24)30(39)42-31(2,3)4)19-36-16-14-32(12-13-33(34,35)20-32)18-26(36)22-7-9-23(10-8-22)29(38)41-6/h7-11,15,17,26H,12-14,16,18-20H2,1-6H3/t26-,32+/m1/s1. The van der Waals surface area contributed by atoms with Crippen LogP contribution in [0.5, 0.6) is 5.75 Å². The fourth-order valence-corrected chi connectivity index (χ4v) is 6.79. The van der Waals surface area contributed by atoms with Gasteiger partial charge in [0.25, 0.3) is 0 Å². The van der Waals surface area contributed by atoms with E-state index in [-0.39, 0.29) is 18.9 Å². The Balaban J connectivity index is 1.54. The van der Waals surface area contributed by atoms with Crippen molar-refractivity contribution >= 4 is 23.0 Å². The first-order valence-corrected chi connectivity index (χ1v) is 14.5. The van der Waals surface area contributed by atoms with Gasteiger partial charge in [0.1, 0.15) is 11.4 Å². The van der Waals surface area contributed by atoms with Gasteiger partial charge in [0.15, 0.2) is 0 Å². The molecule has 0 amide bonds. The molecule has 0 unspecified atom stereocenters. The topological polar surface area (TPSA) is 70.0 Å². The van der Waals surface area contributed by atoms with Crippen molar-refractivity contribution in [2.75, 3.05) is 20.8 Å². The molecule has 1 aliphatic carbocycles. The number of benzene rings is 2. The zero-order chi connectivity index (χ0) is 30.4. The first kappa shape index (κ1) is 30.0. The SMILES string of the molecule is COC(=O)c1ccc([C@H]2C[C@@]3(CCN2Cc2c(OC)cc(C)c4c2ccn4C(=O)OC(C)(C)C)CCC(F)(F)C3)cc1. The zero-order valence-corrected chi connectivity index (χ0v) is 25.3. The molecule has 0 bridgehead atoms. The molecule has 2 fully saturated rings. The Kier molecular flexibility index (Phi) is 7.85. The van der Waals surface area contributed by atoms with Gasteiger partial charge in [0.2, 0.25) is 5.92 Å². The Hall–Kier alpha value is -3.46. The maximum absolute atomic E-state index is 14.5. The van der Waals surface area contributed by atoms with Crippen LogP contribution in [0.15, 0.2) is 42.6 Å². The van der Waals surface area contributed by atoms with Gasteiger partial charge < -0.3 is 14.2 Å². The van der Waals surface area contributed by atoms with Crippen molar-refractivity contribution in [1.82, 2.24) is 9.47 Å². The number of alkyl halides is 2. The van der Waals surface area contributed by atoms with Gasteiger partial charge in [-0.15, -0.1) is 0 Å². The number of piperidine rings is 1. The lowest BCUT2D eigenvalue weighted by Gasteiger charge is -2.45. The van der Waals surface area contributed by atoms with Crippen LogP contribution in [0, 0.1) is 12.3 Å². The molecule has 1 saturated heterocycles. The van der Waals surface area contributed by atoms with Crippen LogP contribution in [0.3, 0.4) is 0 Å². The minimum absolute atomic E-state index is 0.0778. The molecule has 2 aromatic carbocycles. The number of rotatable bonds is 5. The van der Waals surface area contributed by atoms with Gasteiger partial charge in [-0.3, -0.25) is 9.47 Å². The number of hydrogen-bond acceptors (Lipinski definition) is 6. The van der Waals surface area contributed by atoms with Crippen molar-refractivity contribution in [3.8, 4) is 5.75 Å². The number of hydrogen-bond donors (Lipinski definition) is 0. The number of carbonyl (C=O) groups excluding carboxylic acids is 2. The lowest BCUT2D eigenvalue weighted by Crippen LogP contribution is -2.41. The highest BCUT2D eigenvalue weighted by Gasteiger charge is 2.52. The summed E-state index contributed by atoms with van der Waals surface area (Å²) in [4.78, 5) is 27.5. The predicted octanol–water partition coefficient (Wildman–Crippen LogP) is 7.67. The monoisotopic (exact) mass is 582 g/mol. The molecule has 1 aromatic heterocycles. The van der Waals surface area contributed by atoms with Crippen LogP contribution in [-0.2, 0) is 16.0 Å². The summed E-state index contributed by atoms with van der Waals surface area (Å²) >= 11 is 0. The molecule has 2 atom stereocenters. The van der Waals surface area contributed by atoms with Gasteiger partial charge in [-0.2, -0.15) is 0 Å². The predicted molar refractivity (Wildman–Crippen MR) is 156 cm³/mol. The number of ether oxygens (including phenoxy) is 3. The third-order valence-corrected chi connectivity index (χ3v) is 8.77. The van der Waals surface area contributed by atoms with Crippen LogP contribution in [0.25, 0.3) is 10.9 Å². The average molecular weight is 583 g/mol. The van der Waals surface area contributed by atoms with E-state index in [2.05, 4.69) is 4.90 Å². The van der Waals surface area contributed by atoms with E-state index in [9.17, 15) is 18.4 Å².